The highest BCUT2D eigenvalue weighted by Crippen LogP contribution is 2.37. The van der Waals surface area contributed by atoms with Crippen molar-refractivity contribution in [2.45, 2.75) is 26.2 Å². The monoisotopic (exact) mass is 254 g/mol. The summed E-state index contributed by atoms with van der Waals surface area (Å²) >= 11 is 0. The van der Waals surface area contributed by atoms with E-state index >= 15 is 0 Å². The van der Waals surface area contributed by atoms with Gasteiger partial charge >= 0.3 is 0 Å². The highest BCUT2D eigenvalue weighted by molar-refractivity contribution is 6.03. The Morgan fingerprint density at radius 1 is 1.16 bits per heavy atom. The van der Waals surface area contributed by atoms with E-state index in [-0.39, 0.29) is 17.5 Å². The summed E-state index contributed by atoms with van der Waals surface area (Å²) in [5.74, 6) is -0.170. The summed E-state index contributed by atoms with van der Waals surface area (Å²) in [5, 5.41) is 0. The normalized spacial score (nSPS) is 16.7. The lowest BCUT2D eigenvalue weighted by Crippen LogP contribution is -2.25. The molecule has 1 aliphatic carbocycles. The van der Waals surface area contributed by atoms with Crippen LogP contribution in [0.5, 0.6) is 0 Å². The molecule has 96 valence electrons. The lowest BCUT2D eigenvalue weighted by atomic mass is 9.73. The van der Waals surface area contributed by atoms with Gasteiger partial charge in [-0.2, -0.15) is 0 Å². The quantitative estimate of drug-likeness (QED) is 0.741. The second-order valence-corrected chi connectivity index (χ2v) is 5.24. The Bertz CT molecular complexity index is 650. The van der Waals surface area contributed by atoms with Crippen LogP contribution in [0.1, 0.15) is 38.5 Å². The van der Waals surface area contributed by atoms with Crippen molar-refractivity contribution >= 4 is 5.78 Å². The Hall–Kier alpha value is -1.96. The Kier molecular flexibility index (Phi) is 2.74. The standard InChI is InChI=1S/C17H15FO/c1-10-7-13(8-11(2)16(10)18)17(19)15-9-12-5-3-4-6-14(12)15/h3-8,15H,9H2,1-2H3. The number of aryl methyl sites for hydroxylation is 2. The van der Waals surface area contributed by atoms with E-state index in [0.717, 1.165) is 12.0 Å². The molecule has 1 nitrogen and oxygen atoms in total. The molecule has 0 aromatic heterocycles. The number of ketones is 1. The summed E-state index contributed by atoms with van der Waals surface area (Å²) in [4.78, 5) is 12.5. The number of hydrogen-bond donors (Lipinski definition) is 0. The van der Waals surface area contributed by atoms with Crippen LogP contribution in [-0.2, 0) is 6.42 Å². The maximum absolute atomic E-state index is 13.6. The minimum Gasteiger partial charge on any atom is -0.293 e. The van der Waals surface area contributed by atoms with Crippen molar-refractivity contribution in [3.05, 3.63) is 70.0 Å². The summed E-state index contributed by atoms with van der Waals surface area (Å²) in [6.07, 6.45) is 0.796. The zero-order chi connectivity index (χ0) is 13.6. The molecule has 1 aliphatic rings. The summed E-state index contributed by atoms with van der Waals surface area (Å²) in [6.45, 7) is 3.40. The molecule has 0 N–H and O–H groups in total. The van der Waals surface area contributed by atoms with Crippen LogP contribution in [0, 0.1) is 19.7 Å². The molecule has 0 heterocycles. The molecular weight excluding hydrogens is 239 g/mol. The molecule has 0 fully saturated rings. The number of hydrogen-bond acceptors (Lipinski definition) is 1. The maximum Gasteiger partial charge on any atom is 0.170 e. The van der Waals surface area contributed by atoms with Gasteiger partial charge in [0, 0.05) is 5.56 Å². The molecule has 0 aliphatic heterocycles. The third-order valence-corrected chi connectivity index (χ3v) is 3.89. The molecule has 0 bridgehead atoms. The predicted octanol–water partition coefficient (Wildman–Crippen LogP) is 3.97. The molecule has 0 amide bonds. The van der Waals surface area contributed by atoms with Gasteiger partial charge in [0.15, 0.2) is 5.78 Å². The lowest BCUT2D eigenvalue weighted by molar-refractivity contribution is 0.0949. The van der Waals surface area contributed by atoms with E-state index in [1.54, 1.807) is 26.0 Å². The molecule has 0 saturated carbocycles. The van der Waals surface area contributed by atoms with E-state index in [0.29, 0.717) is 16.7 Å². The number of rotatable bonds is 2. The largest absolute Gasteiger partial charge is 0.293 e. The van der Waals surface area contributed by atoms with Crippen molar-refractivity contribution < 1.29 is 9.18 Å². The Morgan fingerprint density at radius 3 is 2.42 bits per heavy atom. The van der Waals surface area contributed by atoms with E-state index in [4.69, 9.17) is 0 Å². The van der Waals surface area contributed by atoms with Crippen molar-refractivity contribution in [1.82, 2.24) is 0 Å². The molecule has 2 aromatic rings. The maximum atomic E-state index is 13.6. The van der Waals surface area contributed by atoms with E-state index in [1.165, 1.54) is 5.56 Å². The summed E-state index contributed by atoms with van der Waals surface area (Å²) < 4.78 is 13.6. The minimum atomic E-state index is -0.217. The Balaban J connectivity index is 1.95. The van der Waals surface area contributed by atoms with Crippen LogP contribution in [-0.4, -0.2) is 5.78 Å². The van der Waals surface area contributed by atoms with Crippen LogP contribution in [0.15, 0.2) is 36.4 Å². The number of carbonyl (C=O) groups excluding carboxylic acids is 1. The second-order valence-electron chi connectivity index (χ2n) is 5.24. The van der Waals surface area contributed by atoms with Gasteiger partial charge < -0.3 is 0 Å². The fraction of sp³-hybridized carbons (Fsp3) is 0.235. The van der Waals surface area contributed by atoms with E-state index in [1.807, 2.05) is 18.2 Å². The highest BCUT2D eigenvalue weighted by atomic mass is 19.1. The number of halogens is 1. The number of benzene rings is 2. The van der Waals surface area contributed by atoms with Gasteiger partial charge in [-0.3, -0.25) is 4.79 Å². The summed E-state index contributed by atoms with van der Waals surface area (Å²) in [7, 11) is 0. The third-order valence-electron chi connectivity index (χ3n) is 3.89. The molecule has 2 aromatic carbocycles. The number of fused-ring (bicyclic) bond motifs is 1. The van der Waals surface area contributed by atoms with Crippen molar-refractivity contribution in [1.29, 1.82) is 0 Å². The van der Waals surface area contributed by atoms with Gasteiger partial charge in [0.1, 0.15) is 5.82 Å². The summed E-state index contributed by atoms with van der Waals surface area (Å²) in [6, 6.07) is 11.3. The van der Waals surface area contributed by atoms with Crippen molar-refractivity contribution in [3.63, 3.8) is 0 Å². The molecule has 19 heavy (non-hydrogen) atoms. The third kappa shape index (κ3) is 1.88. The van der Waals surface area contributed by atoms with Crippen molar-refractivity contribution in [2.75, 3.05) is 0 Å². The van der Waals surface area contributed by atoms with Crippen LogP contribution in [0.25, 0.3) is 0 Å². The molecule has 0 saturated heterocycles. The molecule has 0 radical (unpaired) electrons. The predicted molar refractivity (Wildman–Crippen MR) is 73.1 cm³/mol. The summed E-state index contributed by atoms with van der Waals surface area (Å²) in [5.41, 5.74) is 4.06. The molecule has 1 unspecified atom stereocenters. The van der Waals surface area contributed by atoms with Gasteiger partial charge in [0.25, 0.3) is 0 Å². The van der Waals surface area contributed by atoms with Crippen molar-refractivity contribution in [3.8, 4) is 0 Å². The average Bonchev–Trinajstić information content (AvgIpc) is 2.36. The number of Topliss-reactive ketones (excluding diaryl/α,β-unsaturated/α-hetero) is 1. The van der Waals surface area contributed by atoms with Gasteiger partial charge in [-0.25, -0.2) is 4.39 Å². The van der Waals surface area contributed by atoms with E-state index in [2.05, 4.69) is 6.07 Å². The van der Waals surface area contributed by atoms with Crippen LogP contribution in [0.4, 0.5) is 4.39 Å². The zero-order valence-corrected chi connectivity index (χ0v) is 11.0. The van der Waals surface area contributed by atoms with Gasteiger partial charge in [0.05, 0.1) is 5.92 Å². The molecule has 1 atom stereocenters. The van der Waals surface area contributed by atoms with Gasteiger partial charge in [-0.1, -0.05) is 24.3 Å². The Labute approximate surface area is 112 Å². The van der Waals surface area contributed by atoms with E-state index < -0.39 is 0 Å². The fourth-order valence-electron chi connectivity index (χ4n) is 2.78. The first-order chi connectivity index (χ1) is 9.08. The van der Waals surface area contributed by atoms with Gasteiger partial charge in [-0.15, -0.1) is 0 Å². The minimum absolute atomic E-state index is 0.0551. The zero-order valence-electron chi connectivity index (χ0n) is 11.0. The first-order valence-corrected chi connectivity index (χ1v) is 6.46. The van der Waals surface area contributed by atoms with Gasteiger partial charge in [-0.05, 0) is 54.7 Å². The highest BCUT2D eigenvalue weighted by Gasteiger charge is 2.32. The van der Waals surface area contributed by atoms with Gasteiger partial charge in [0.2, 0.25) is 0 Å². The van der Waals surface area contributed by atoms with Crippen LogP contribution in [0.2, 0.25) is 0 Å². The number of carbonyl (C=O) groups is 1. The van der Waals surface area contributed by atoms with Crippen molar-refractivity contribution in [2.24, 2.45) is 0 Å². The van der Waals surface area contributed by atoms with Crippen LogP contribution < -0.4 is 0 Å². The fourth-order valence-corrected chi connectivity index (χ4v) is 2.78. The van der Waals surface area contributed by atoms with Crippen LogP contribution in [0.3, 0.4) is 0 Å². The molecule has 3 rings (SSSR count). The first kappa shape index (κ1) is 12.1. The lowest BCUT2D eigenvalue weighted by Gasteiger charge is -2.29. The molecular formula is C17H15FO. The average molecular weight is 254 g/mol. The molecule has 2 heteroatoms. The SMILES string of the molecule is Cc1cc(C(=O)C2Cc3ccccc32)cc(C)c1F. The second kappa shape index (κ2) is 4.30. The van der Waals surface area contributed by atoms with Crippen LogP contribution >= 0.6 is 0 Å². The van der Waals surface area contributed by atoms with E-state index in [9.17, 15) is 9.18 Å². The smallest absolute Gasteiger partial charge is 0.170 e. The topological polar surface area (TPSA) is 17.1 Å². The Morgan fingerprint density at radius 2 is 1.79 bits per heavy atom. The molecule has 0 spiro atoms. The first-order valence-electron chi connectivity index (χ1n) is 6.46.